The van der Waals surface area contributed by atoms with Crippen LogP contribution in [0.3, 0.4) is 0 Å². The molecule has 2 aliphatic heterocycles. The van der Waals surface area contributed by atoms with Crippen LogP contribution in [0.15, 0.2) is 11.6 Å². The maximum Gasteiger partial charge on any atom is 0.317 e. The summed E-state index contributed by atoms with van der Waals surface area (Å²) in [4.78, 5) is 14.1. The lowest BCUT2D eigenvalue weighted by molar-refractivity contribution is 0.132. The van der Waals surface area contributed by atoms with Crippen LogP contribution >= 0.6 is 0 Å². The standard InChI is InChI=1S/C15H26N2O3/c18-10-5-14-3-1-2-9-17(14)15(19)16-8-4-13-6-11-20-12-7-13/h6,14,18H,1-5,7-12H2,(H,16,19)/t14-/m1/s1. The van der Waals surface area contributed by atoms with E-state index >= 15 is 0 Å². The van der Waals surface area contributed by atoms with Gasteiger partial charge in [0.25, 0.3) is 0 Å². The van der Waals surface area contributed by atoms with E-state index < -0.39 is 0 Å². The summed E-state index contributed by atoms with van der Waals surface area (Å²) in [6, 6.07) is 0.229. The van der Waals surface area contributed by atoms with Crippen LogP contribution in [0, 0.1) is 0 Å². The van der Waals surface area contributed by atoms with Crippen LogP contribution in [0.1, 0.15) is 38.5 Å². The summed E-state index contributed by atoms with van der Waals surface area (Å²) >= 11 is 0. The summed E-state index contributed by atoms with van der Waals surface area (Å²) in [6.07, 6.45) is 7.93. The van der Waals surface area contributed by atoms with Gasteiger partial charge in [0.15, 0.2) is 0 Å². The van der Waals surface area contributed by atoms with E-state index in [2.05, 4.69) is 11.4 Å². The number of likely N-dealkylation sites (tertiary alicyclic amines) is 1. The van der Waals surface area contributed by atoms with Crippen molar-refractivity contribution in [1.82, 2.24) is 10.2 Å². The van der Waals surface area contributed by atoms with Gasteiger partial charge in [-0.2, -0.15) is 0 Å². The Kier molecular flexibility index (Phi) is 6.33. The Morgan fingerprint density at radius 2 is 2.40 bits per heavy atom. The Bertz CT molecular complexity index is 342. The van der Waals surface area contributed by atoms with Crippen LogP contribution in [-0.2, 0) is 4.74 Å². The average molecular weight is 282 g/mol. The molecular formula is C15H26N2O3. The maximum absolute atomic E-state index is 12.2. The van der Waals surface area contributed by atoms with Gasteiger partial charge in [-0.15, -0.1) is 0 Å². The van der Waals surface area contributed by atoms with Gasteiger partial charge in [0.2, 0.25) is 0 Å². The summed E-state index contributed by atoms with van der Waals surface area (Å²) in [5.74, 6) is 0. The molecule has 0 aromatic carbocycles. The van der Waals surface area contributed by atoms with Gasteiger partial charge in [0, 0.05) is 25.7 Å². The first-order valence-electron chi connectivity index (χ1n) is 7.72. The van der Waals surface area contributed by atoms with Crippen molar-refractivity contribution in [3.63, 3.8) is 0 Å². The number of piperidine rings is 1. The van der Waals surface area contributed by atoms with E-state index in [4.69, 9.17) is 9.84 Å². The van der Waals surface area contributed by atoms with E-state index in [1.165, 1.54) is 5.57 Å². The second-order valence-corrected chi connectivity index (χ2v) is 5.52. The lowest BCUT2D eigenvalue weighted by atomic mass is 10.00. The first-order chi connectivity index (χ1) is 9.81. The number of carbonyl (C=O) groups excluding carboxylic acids is 1. The van der Waals surface area contributed by atoms with Gasteiger partial charge in [-0.25, -0.2) is 4.79 Å². The van der Waals surface area contributed by atoms with Crippen LogP contribution in [-0.4, -0.2) is 55.0 Å². The molecule has 2 aliphatic rings. The fourth-order valence-electron chi connectivity index (χ4n) is 2.94. The van der Waals surface area contributed by atoms with Crippen molar-refractivity contribution >= 4 is 6.03 Å². The summed E-state index contributed by atoms with van der Waals surface area (Å²) in [5.41, 5.74) is 1.38. The predicted octanol–water partition coefficient (Wildman–Crippen LogP) is 1.67. The number of rotatable bonds is 5. The molecule has 2 rings (SSSR count). The molecule has 1 saturated heterocycles. The van der Waals surface area contributed by atoms with Crippen LogP contribution in [0.5, 0.6) is 0 Å². The molecule has 1 atom stereocenters. The van der Waals surface area contributed by atoms with Gasteiger partial charge in [-0.1, -0.05) is 11.6 Å². The average Bonchev–Trinajstić information content (AvgIpc) is 2.49. The third-order valence-electron chi connectivity index (χ3n) is 4.13. The molecule has 5 heteroatoms. The van der Waals surface area contributed by atoms with Gasteiger partial charge in [-0.05, 0) is 38.5 Å². The summed E-state index contributed by atoms with van der Waals surface area (Å²) < 4.78 is 5.27. The highest BCUT2D eigenvalue weighted by Crippen LogP contribution is 2.19. The van der Waals surface area contributed by atoms with Crippen molar-refractivity contribution in [2.45, 2.75) is 44.6 Å². The van der Waals surface area contributed by atoms with Crippen LogP contribution in [0.25, 0.3) is 0 Å². The Balaban J connectivity index is 1.73. The molecule has 1 fully saturated rings. The van der Waals surface area contributed by atoms with E-state index in [0.717, 1.165) is 45.3 Å². The number of hydrogen-bond acceptors (Lipinski definition) is 3. The second-order valence-electron chi connectivity index (χ2n) is 5.52. The lowest BCUT2D eigenvalue weighted by Gasteiger charge is -2.35. The summed E-state index contributed by atoms with van der Waals surface area (Å²) in [7, 11) is 0. The van der Waals surface area contributed by atoms with Crippen molar-refractivity contribution in [2.24, 2.45) is 0 Å². The molecule has 2 amide bonds. The van der Waals surface area contributed by atoms with E-state index in [-0.39, 0.29) is 18.7 Å². The first-order valence-corrected chi connectivity index (χ1v) is 7.72. The monoisotopic (exact) mass is 282 g/mol. The number of urea groups is 1. The number of nitrogens with zero attached hydrogens (tertiary/aromatic N) is 1. The minimum Gasteiger partial charge on any atom is -0.396 e. The molecule has 0 aliphatic carbocycles. The zero-order chi connectivity index (χ0) is 14.2. The third-order valence-corrected chi connectivity index (χ3v) is 4.13. The first kappa shape index (κ1) is 15.3. The van der Waals surface area contributed by atoms with E-state index in [9.17, 15) is 4.79 Å². The van der Waals surface area contributed by atoms with Crippen molar-refractivity contribution < 1.29 is 14.6 Å². The van der Waals surface area contributed by atoms with Gasteiger partial charge < -0.3 is 20.1 Å². The highest BCUT2D eigenvalue weighted by molar-refractivity contribution is 5.74. The number of aliphatic hydroxyl groups excluding tert-OH is 1. The molecule has 2 N–H and O–H groups in total. The van der Waals surface area contributed by atoms with E-state index in [0.29, 0.717) is 19.6 Å². The predicted molar refractivity (Wildman–Crippen MR) is 77.6 cm³/mol. The summed E-state index contributed by atoms with van der Waals surface area (Å²) in [5, 5.41) is 12.1. The molecule has 0 aromatic heterocycles. The van der Waals surface area contributed by atoms with Gasteiger partial charge in [-0.3, -0.25) is 0 Å². The highest BCUT2D eigenvalue weighted by Gasteiger charge is 2.25. The van der Waals surface area contributed by atoms with Crippen LogP contribution < -0.4 is 5.32 Å². The number of nitrogens with one attached hydrogen (secondary N) is 1. The molecule has 0 radical (unpaired) electrons. The molecule has 0 bridgehead atoms. The Morgan fingerprint density at radius 1 is 1.50 bits per heavy atom. The fraction of sp³-hybridized carbons (Fsp3) is 0.800. The minimum atomic E-state index is 0.0239. The lowest BCUT2D eigenvalue weighted by Crippen LogP contribution is -2.49. The molecule has 0 aromatic rings. The largest absolute Gasteiger partial charge is 0.396 e. The fourth-order valence-corrected chi connectivity index (χ4v) is 2.94. The number of ether oxygens (including phenoxy) is 1. The Hall–Kier alpha value is -1.07. The molecule has 5 nitrogen and oxygen atoms in total. The number of aliphatic hydroxyl groups is 1. The van der Waals surface area contributed by atoms with Gasteiger partial charge in [0.05, 0.1) is 13.2 Å². The van der Waals surface area contributed by atoms with Crippen LogP contribution in [0.2, 0.25) is 0 Å². The highest BCUT2D eigenvalue weighted by atomic mass is 16.5. The third kappa shape index (κ3) is 4.49. The number of carbonyl (C=O) groups is 1. The second kappa shape index (κ2) is 8.27. The molecule has 0 spiro atoms. The molecule has 0 saturated carbocycles. The Morgan fingerprint density at radius 3 is 3.15 bits per heavy atom. The minimum absolute atomic E-state index is 0.0239. The van der Waals surface area contributed by atoms with Crippen molar-refractivity contribution in [3.05, 3.63) is 11.6 Å². The van der Waals surface area contributed by atoms with Crippen molar-refractivity contribution in [3.8, 4) is 0 Å². The number of hydrogen-bond donors (Lipinski definition) is 2. The SMILES string of the molecule is O=C(NCCC1=CCOCC1)N1CCCC[C@@H]1CCO. The molecular weight excluding hydrogens is 256 g/mol. The van der Waals surface area contributed by atoms with Gasteiger partial charge in [0.1, 0.15) is 0 Å². The Labute approximate surface area is 121 Å². The van der Waals surface area contributed by atoms with Crippen LogP contribution in [0.4, 0.5) is 4.79 Å². The molecule has 0 unspecified atom stereocenters. The molecule has 114 valence electrons. The topological polar surface area (TPSA) is 61.8 Å². The number of amides is 2. The molecule has 2 heterocycles. The van der Waals surface area contributed by atoms with Crippen molar-refractivity contribution in [2.75, 3.05) is 32.9 Å². The zero-order valence-electron chi connectivity index (χ0n) is 12.1. The smallest absolute Gasteiger partial charge is 0.317 e. The zero-order valence-corrected chi connectivity index (χ0v) is 12.1. The van der Waals surface area contributed by atoms with E-state index in [1.54, 1.807) is 0 Å². The summed E-state index contributed by atoms with van der Waals surface area (Å²) in [6.45, 7) is 3.15. The maximum atomic E-state index is 12.2. The van der Waals surface area contributed by atoms with Crippen molar-refractivity contribution in [1.29, 1.82) is 0 Å². The van der Waals surface area contributed by atoms with E-state index in [1.807, 2.05) is 4.90 Å². The van der Waals surface area contributed by atoms with Gasteiger partial charge >= 0.3 is 6.03 Å². The molecule has 20 heavy (non-hydrogen) atoms. The normalized spacial score (nSPS) is 23.4. The quantitative estimate of drug-likeness (QED) is 0.754.